The molecule has 0 fully saturated rings. The first-order valence-corrected chi connectivity index (χ1v) is 4.65. The molecule has 1 rings (SSSR count). The highest BCUT2D eigenvalue weighted by Gasteiger charge is 2.06. The maximum Gasteiger partial charge on any atom is 0.331 e. The van der Waals surface area contributed by atoms with Crippen LogP contribution in [0.15, 0.2) is 21.9 Å². The fourth-order valence-corrected chi connectivity index (χ4v) is 1.27. The van der Waals surface area contributed by atoms with Crippen molar-refractivity contribution in [3.63, 3.8) is 0 Å². The van der Waals surface area contributed by atoms with Crippen LogP contribution in [0, 0.1) is 0 Å². The third kappa shape index (κ3) is 2.55. The number of carbonyl (C=O) groups excluding carboxylic acids is 1. The molecule has 0 spiro atoms. The molecule has 6 heteroatoms. The van der Waals surface area contributed by atoms with E-state index in [1.54, 1.807) is 0 Å². The molecule has 0 aromatic carbocycles. The van der Waals surface area contributed by atoms with Gasteiger partial charge in [-0.25, -0.2) is 4.79 Å². The number of carbonyl (C=O) groups is 1. The monoisotopic (exact) mass is 211 g/mol. The van der Waals surface area contributed by atoms with Gasteiger partial charge in [0.15, 0.2) is 0 Å². The summed E-state index contributed by atoms with van der Waals surface area (Å²) < 4.78 is 2.21. The van der Waals surface area contributed by atoms with Crippen LogP contribution in [0.5, 0.6) is 0 Å². The van der Waals surface area contributed by atoms with Crippen molar-refractivity contribution >= 4 is 5.91 Å². The van der Waals surface area contributed by atoms with Crippen LogP contribution in [0.2, 0.25) is 0 Å². The number of hydrogen-bond acceptors (Lipinski definition) is 3. The van der Waals surface area contributed by atoms with Gasteiger partial charge in [-0.05, 0) is 6.42 Å². The molecule has 15 heavy (non-hydrogen) atoms. The molecule has 2 N–H and O–H groups in total. The van der Waals surface area contributed by atoms with Crippen molar-refractivity contribution in [3.8, 4) is 0 Å². The van der Waals surface area contributed by atoms with E-state index in [-0.39, 0.29) is 6.54 Å². The van der Waals surface area contributed by atoms with Crippen LogP contribution < -0.4 is 17.0 Å². The number of aromatic nitrogens is 2. The van der Waals surface area contributed by atoms with Gasteiger partial charge >= 0.3 is 5.69 Å². The molecule has 82 valence electrons. The zero-order chi connectivity index (χ0) is 11.4. The average Bonchev–Trinajstić information content (AvgIpc) is 2.17. The van der Waals surface area contributed by atoms with E-state index >= 15 is 0 Å². The minimum atomic E-state index is -0.705. The van der Waals surface area contributed by atoms with Crippen molar-refractivity contribution in [1.82, 2.24) is 9.13 Å². The highest BCUT2D eigenvalue weighted by Crippen LogP contribution is 1.83. The van der Waals surface area contributed by atoms with E-state index in [1.807, 2.05) is 6.92 Å². The van der Waals surface area contributed by atoms with E-state index in [9.17, 15) is 14.4 Å². The van der Waals surface area contributed by atoms with Gasteiger partial charge in [-0.2, -0.15) is 0 Å². The Labute approximate surface area is 85.9 Å². The zero-order valence-corrected chi connectivity index (χ0v) is 8.47. The number of nitrogens with two attached hydrogens (primary N) is 1. The third-order valence-corrected chi connectivity index (χ3v) is 1.92. The van der Waals surface area contributed by atoms with Crippen LogP contribution in [0.25, 0.3) is 0 Å². The summed E-state index contributed by atoms with van der Waals surface area (Å²) in [5.74, 6) is -0.705. The first kappa shape index (κ1) is 11.2. The summed E-state index contributed by atoms with van der Waals surface area (Å²) >= 11 is 0. The highest BCUT2D eigenvalue weighted by molar-refractivity contribution is 5.73. The van der Waals surface area contributed by atoms with Crippen molar-refractivity contribution in [2.24, 2.45) is 5.73 Å². The third-order valence-electron chi connectivity index (χ3n) is 1.92. The predicted molar refractivity (Wildman–Crippen MR) is 54.4 cm³/mol. The molecule has 0 bridgehead atoms. The van der Waals surface area contributed by atoms with Crippen LogP contribution >= 0.6 is 0 Å². The van der Waals surface area contributed by atoms with Crippen molar-refractivity contribution in [1.29, 1.82) is 0 Å². The van der Waals surface area contributed by atoms with Gasteiger partial charge in [0.2, 0.25) is 5.91 Å². The SMILES string of the molecule is CCCn1ccc(=O)n(CC(N)=O)c1=O. The Hall–Kier alpha value is -1.85. The van der Waals surface area contributed by atoms with Crippen LogP contribution in [-0.2, 0) is 17.9 Å². The maximum absolute atomic E-state index is 11.6. The lowest BCUT2D eigenvalue weighted by molar-refractivity contribution is -0.118. The van der Waals surface area contributed by atoms with E-state index in [2.05, 4.69) is 0 Å². The average molecular weight is 211 g/mol. The molecule has 1 aromatic heterocycles. The number of rotatable bonds is 4. The van der Waals surface area contributed by atoms with Crippen molar-refractivity contribution in [2.75, 3.05) is 0 Å². The molecule has 0 saturated carbocycles. The van der Waals surface area contributed by atoms with Gasteiger partial charge in [0.25, 0.3) is 5.56 Å². The van der Waals surface area contributed by atoms with Crippen LogP contribution in [0.4, 0.5) is 0 Å². The van der Waals surface area contributed by atoms with Crippen LogP contribution in [-0.4, -0.2) is 15.0 Å². The van der Waals surface area contributed by atoms with Crippen molar-refractivity contribution in [2.45, 2.75) is 26.4 Å². The predicted octanol–water partition coefficient (Wildman–Crippen LogP) is -1.09. The number of aryl methyl sites for hydroxylation is 1. The van der Waals surface area contributed by atoms with Gasteiger partial charge in [-0.3, -0.25) is 14.2 Å². The second-order valence-corrected chi connectivity index (χ2v) is 3.18. The zero-order valence-electron chi connectivity index (χ0n) is 8.47. The number of hydrogen-bond donors (Lipinski definition) is 1. The summed E-state index contributed by atoms with van der Waals surface area (Å²) in [7, 11) is 0. The molecular formula is C9H13N3O3. The van der Waals surface area contributed by atoms with E-state index in [0.29, 0.717) is 6.54 Å². The Morgan fingerprint density at radius 2 is 2.13 bits per heavy atom. The molecule has 0 aliphatic carbocycles. The number of nitrogens with zero attached hydrogens (tertiary/aromatic N) is 2. The lowest BCUT2D eigenvalue weighted by atomic mass is 10.4. The van der Waals surface area contributed by atoms with Gasteiger partial charge in [0.05, 0.1) is 0 Å². The van der Waals surface area contributed by atoms with E-state index in [1.165, 1.54) is 16.8 Å². The van der Waals surface area contributed by atoms with Crippen molar-refractivity contribution < 1.29 is 4.79 Å². The van der Waals surface area contributed by atoms with Crippen LogP contribution in [0.3, 0.4) is 0 Å². The molecule has 1 aromatic rings. The quantitative estimate of drug-likeness (QED) is 0.686. The number of amides is 1. The summed E-state index contributed by atoms with van der Waals surface area (Å²) in [4.78, 5) is 33.6. The molecule has 6 nitrogen and oxygen atoms in total. The molecule has 0 aliphatic heterocycles. The maximum atomic E-state index is 11.6. The van der Waals surface area contributed by atoms with Gasteiger partial charge in [0, 0.05) is 18.8 Å². The lowest BCUT2D eigenvalue weighted by Crippen LogP contribution is -2.41. The van der Waals surface area contributed by atoms with Gasteiger partial charge in [-0.15, -0.1) is 0 Å². The van der Waals surface area contributed by atoms with E-state index in [4.69, 9.17) is 5.73 Å². The Balaban J connectivity index is 3.24. The van der Waals surface area contributed by atoms with Gasteiger partial charge in [0.1, 0.15) is 6.54 Å². The van der Waals surface area contributed by atoms with Crippen molar-refractivity contribution in [3.05, 3.63) is 33.1 Å². The fourth-order valence-electron chi connectivity index (χ4n) is 1.27. The molecule has 0 saturated heterocycles. The van der Waals surface area contributed by atoms with Gasteiger partial charge < -0.3 is 10.3 Å². The summed E-state index contributed by atoms with van der Waals surface area (Å²) in [6.45, 7) is 2.05. The van der Waals surface area contributed by atoms with E-state index < -0.39 is 17.2 Å². The summed E-state index contributed by atoms with van der Waals surface area (Å²) in [6.07, 6.45) is 2.19. The summed E-state index contributed by atoms with van der Waals surface area (Å²) in [5.41, 5.74) is 3.93. The molecule has 1 amide bonds. The second-order valence-electron chi connectivity index (χ2n) is 3.18. The highest BCUT2D eigenvalue weighted by atomic mass is 16.2. The molecule has 0 atom stereocenters. The lowest BCUT2D eigenvalue weighted by Gasteiger charge is -2.06. The second kappa shape index (κ2) is 4.59. The minimum Gasteiger partial charge on any atom is -0.368 e. The topological polar surface area (TPSA) is 87.1 Å². The molecule has 0 unspecified atom stereocenters. The Kier molecular flexibility index (Phi) is 3.43. The normalized spacial score (nSPS) is 10.2. The molecule has 1 heterocycles. The fraction of sp³-hybridized carbons (Fsp3) is 0.444. The standard InChI is InChI=1S/C9H13N3O3/c1-2-4-11-5-3-8(14)12(9(11)15)6-7(10)13/h3,5H,2,4,6H2,1H3,(H2,10,13). The summed E-state index contributed by atoms with van der Waals surface area (Å²) in [5, 5.41) is 0. The first-order chi connectivity index (χ1) is 7.06. The smallest absolute Gasteiger partial charge is 0.331 e. The largest absolute Gasteiger partial charge is 0.368 e. The molecular weight excluding hydrogens is 198 g/mol. The first-order valence-electron chi connectivity index (χ1n) is 4.65. The van der Waals surface area contributed by atoms with E-state index in [0.717, 1.165) is 11.0 Å². The molecule has 0 aliphatic rings. The van der Waals surface area contributed by atoms with Gasteiger partial charge in [-0.1, -0.05) is 6.92 Å². The Morgan fingerprint density at radius 1 is 1.47 bits per heavy atom. The Morgan fingerprint density at radius 3 is 2.67 bits per heavy atom. The molecule has 0 radical (unpaired) electrons. The number of primary amides is 1. The van der Waals surface area contributed by atoms with Crippen LogP contribution in [0.1, 0.15) is 13.3 Å². The Bertz CT molecular complexity index is 472. The summed E-state index contributed by atoms with van der Waals surface area (Å²) in [6, 6.07) is 1.25. The minimum absolute atomic E-state index is 0.373.